The summed E-state index contributed by atoms with van der Waals surface area (Å²) in [6.45, 7) is 8.06. The SMILES string of the molecule is COC(C)(C)CC(C)(C)C(=O)OCc1c2ccccc2cc2ccccc12. The molecule has 3 nitrogen and oxygen atoms in total. The number of fused-ring (bicyclic) bond motifs is 2. The Bertz CT molecular complexity index is 916. The molecule has 0 amide bonds. The average Bonchev–Trinajstić information content (AvgIpc) is 2.64. The topological polar surface area (TPSA) is 35.5 Å². The van der Waals surface area contributed by atoms with E-state index >= 15 is 0 Å². The zero-order valence-corrected chi connectivity index (χ0v) is 16.8. The molecule has 3 rings (SSSR count). The number of benzene rings is 3. The van der Waals surface area contributed by atoms with Gasteiger partial charge in [0, 0.05) is 12.7 Å². The Morgan fingerprint density at radius 2 is 1.41 bits per heavy atom. The van der Waals surface area contributed by atoms with Crippen molar-refractivity contribution in [2.24, 2.45) is 5.41 Å². The summed E-state index contributed by atoms with van der Waals surface area (Å²) in [5.74, 6) is -0.204. The first-order chi connectivity index (χ1) is 12.7. The van der Waals surface area contributed by atoms with Gasteiger partial charge < -0.3 is 9.47 Å². The lowest BCUT2D eigenvalue weighted by Crippen LogP contribution is -2.36. The van der Waals surface area contributed by atoms with Gasteiger partial charge in [-0.3, -0.25) is 4.79 Å². The highest BCUT2D eigenvalue weighted by atomic mass is 16.5. The van der Waals surface area contributed by atoms with Crippen molar-refractivity contribution in [2.75, 3.05) is 7.11 Å². The Labute approximate surface area is 161 Å². The van der Waals surface area contributed by atoms with Gasteiger partial charge >= 0.3 is 5.97 Å². The second-order valence-electron chi connectivity index (χ2n) is 8.40. The molecule has 0 atom stereocenters. The lowest BCUT2D eigenvalue weighted by Gasteiger charge is -2.32. The lowest BCUT2D eigenvalue weighted by molar-refractivity contribution is -0.159. The van der Waals surface area contributed by atoms with Crippen LogP contribution in [-0.2, 0) is 20.9 Å². The van der Waals surface area contributed by atoms with Crippen molar-refractivity contribution in [3.05, 3.63) is 60.2 Å². The molecular formula is C24H28O3. The highest BCUT2D eigenvalue weighted by Crippen LogP contribution is 2.33. The van der Waals surface area contributed by atoms with Gasteiger partial charge in [-0.15, -0.1) is 0 Å². The van der Waals surface area contributed by atoms with Gasteiger partial charge in [0.2, 0.25) is 0 Å². The summed E-state index contributed by atoms with van der Waals surface area (Å²) in [7, 11) is 1.67. The van der Waals surface area contributed by atoms with Gasteiger partial charge in [0.1, 0.15) is 6.61 Å². The van der Waals surface area contributed by atoms with E-state index in [4.69, 9.17) is 9.47 Å². The normalized spacial score (nSPS) is 12.5. The summed E-state index contributed by atoms with van der Waals surface area (Å²) in [5.41, 5.74) is 0.0491. The molecule has 142 valence electrons. The summed E-state index contributed by atoms with van der Waals surface area (Å²) >= 11 is 0. The van der Waals surface area contributed by atoms with Crippen LogP contribution in [0.3, 0.4) is 0 Å². The Kier molecular flexibility index (Phi) is 5.25. The van der Waals surface area contributed by atoms with Crippen LogP contribution in [0.5, 0.6) is 0 Å². The fourth-order valence-electron chi connectivity index (χ4n) is 3.81. The van der Waals surface area contributed by atoms with E-state index in [1.165, 1.54) is 0 Å². The maximum atomic E-state index is 12.8. The monoisotopic (exact) mass is 364 g/mol. The molecule has 3 aromatic carbocycles. The van der Waals surface area contributed by atoms with Crippen molar-refractivity contribution in [3.63, 3.8) is 0 Å². The first-order valence-corrected chi connectivity index (χ1v) is 9.35. The van der Waals surface area contributed by atoms with E-state index in [0.29, 0.717) is 6.42 Å². The Balaban J connectivity index is 1.91. The van der Waals surface area contributed by atoms with Crippen molar-refractivity contribution in [1.29, 1.82) is 0 Å². The highest BCUT2D eigenvalue weighted by molar-refractivity contribution is 6.02. The number of hydrogen-bond acceptors (Lipinski definition) is 3. The van der Waals surface area contributed by atoms with Crippen LogP contribution >= 0.6 is 0 Å². The molecule has 0 aliphatic heterocycles. The first kappa shape index (κ1) is 19.4. The van der Waals surface area contributed by atoms with Crippen LogP contribution in [0.4, 0.5) is 0 Å². The third kappa shape index (κ3) is 4.14. The minimum atomic E-state index is -0.625. The van der Waals surface area contributed by atoms with E-state index in [1.807, 2.05) is 52.0 Å². The lowest BCUT2D eigenvalue weighted by atomic mass is 9.82. The van der Waals surface area contributed by atoms with Crippen molar-refractivity contribution in [2.45, 2.75) is 46.3 Å². The van der Waals surface area contributed by atoms with Gasteiger partial charge in [-0.25, -0.2) is 0 Å². The summed E-state index contributed by atoms with van der Waals surface area (Å²) in [4.78, 5) is 12.8. The second kappa shape index (κ2) is 7.32. The number of esters is 1. The van der Waals surface area contributed by atoms with Crippen LogP contribution in [-0.4, -0.2) is 18.7 Å². The third-order valence-corrected chi connectivity index (χ3v) is 5.20. The molecule has 0 spiro atoms. The number of methoxy groups -OCH3 is 1. The van der Waals surface area contributed by atoms with Crippen molar-refractivity contribution >= 4 is 27.5 Å². The van der Waals surface area contributed by atoms with Crippen LogP contribution in [0.1, 0.15) is 39.7 Å². The molecule has 0 fully saturated rings. The van der Waals surface area contributed by atoms with Crippen molar-refractivity contribution in [1.82, 2.24) is 0 Å². The first-order valence-electron chi connectivity index (χ1n) is 9.35. The predicted octanol–water partition coefficient (Wildman–Crippen LogP) is 5.88. The van der Waals surface area contributed by atoms with Gasteiger partial charge in [-0.2, -0.15) is 0 Å². The zero-order valence-electron chi connectivity index (χ0n) is 16.8. The van der Waals surface area contributed by atoms with Crippen LogP contribution in [0.25, 0.3) is 21.5 Å². The molecule has 0 saturated heterocycles. The molecule has 0 heterocycles. The van der Waals surface area contributed by atoms with Crippen molar-refractivity contribution < 1.29 is 14.3 Å². The molecule has 27 heavy (non-hydrogen) atoms. The average molecular weight is 364 g/mol. The minimum absolute atomic E-state index is 0.204. The van der Waals surface area contributed by atoms with Gasteiger partial charge in [0.15, 0.2) is 0 Å². The van der Waals surface area contributed by atoms with Gasteiger partial charge in [-0.1, -0.05) is 48.5 Å². The Morgan fingerprint density at radius 3 is 1.93 bits per heavy atom. The third-order valence-electron chi connectivity index (χ3n) is 5.20. The summed E-state index contributed by atoms with van der Waals surface area (Å²) < 4.78 is 11.3. The molecule has 0 aromatic heterocycles. The second-order valence-corrected chi connectivity index (χ2v) is 8.40. The summed E-state index contributed by atoms with van der Waals surface area (Å²) in [6, 6.07) is 18.7. The molecule has 0 bridgehead atoms. The highest BCUT2D eigenvalue weighted by Gasteiger charge is 2.36. The quantitative estimate of drug-likeness (QED) is 0.405. The fraction of sp³-hybridized carbons (Fsp3) is 0.375. The summed E-state index contributed by atoms with van der Waals surface area (Å²) in [6.07, 6.45) is 0.589. The smallest absolute Gasteiger partial charge is 0.311 e. The minimum Gasteiger partial charge on any atom is -0.460 e. The van der Waals surface area contributed by atoms with E-state index in [1.54, 1.807) is 7.11 Å². The summed E-state index contributed by atoms with van der Waals surface area (Å²) in [5, 5.41) is 4.56. The molecule has 0 saturated carbocycles. The fourth-order valence-corrected chi connectivity index (χ4v) is 3.81. The standard InChI is InChI=1S/C24H28O3/c1-23(2,16-24(3,4)26-5)22(25)27-15-21-19-12-8-6-10-17(19)14-18-11-7-9-13-20(18)21/h6-14H,15-16H2,1-5H3. The molecule has 0 aliphatic rings. The van der Waals surface area contributed by atoms with E-state index in [0.717, 1.165) is 27.1 Å². The zero-order chi connectivity index (χ0) is 19.7. The van der Waals surface area contributed by atoms with E-state index in [2.05, 4.69) is 30.3 Å². The van der Waals surface area contributed by atoms with Crippen LogP contribution in [0.2, 0.25) is 0 Å². The van der Waals surface area contributed by atoms with E-state index in [9.17, 15) is 4.79 Å². The number of carbonyl (C=O) groups excluding carboxylic acids is 1. The van der Waals surface area contributed by atoms with Crippen molar-refractivity contribution in [3.8, 4) is 0 Å². The molecule has 0 unspecified atom stereocenters. The maximum Gasteiger partial charge on any atom is 0.311 e. The Hall–Kier alpha value is -2.39. The van der Waals surface area contributed by atoms with Crippen LogP contribution in [0.15, 0.2) is 54.6 Å². The molecule has 0 N–H and O–H groups in total. The van der Waals surface area contributed by atoms with Gasteiger partial charge in [0.25, 0.3) is 0 Å². The molecular weight excluding hydrogens is 336 g/mol. The maximum absolute atomic E-state index is 12.8. The largest absolute Gasteiger partial charge is 0.460 e. The Morgan fingerprint density at radius 1 is 0.889 bits per heavy atom. The van der Waals surface area contributed by atoms with Crippen LogP contribution in [0, 0.1) is 5.41 Å². The van der Waals surface area contributed by atoms with Gasteiger partial charge in [0.05, 0.1) is 11.0 Å². The molecule has 3 heteroatoms. The molecule has 0 aliphatic carbocycles. The number of rotatable bonds is 6. The number of hydrogen-bond donors (Lipinski definition) is 0. The molecule has 3 aromatic rings. The number of carbonyl (C=O) groups is 1. The van der Waals surface area contributed by atoms with Gasteiger partial charge in [-0.05, 0) is 61.7 Å². The number of ether oxygens (including phenoxy) is 2. The predicted molar refractivity (Wildman–Crippen MR) is 111 cm³/mol. The molecule has 0 radical (unpaired) electrons. The van der Waals surface area contributed by atoms with E-state index in [-0.39, 0.29) is 18.2 Å². The van der Waals surface area contributed by atoms with E-state index < -0.39 is 5.41 Å². The van der Waals surface area contributed by atoms with Crippen LogP contribution < -0.4 is 0 Å².